The molecule has 21 heavy (non-hydrogen) atoms. The van der Waals surface area contributed by atoms with Crippen molar-refractivity contribution in [1.29, 1.82) is 0 Å². The largest absolute Gasteiger partial charge is 0.319 e. The summed E-state index contributed by atoms with van der Waals surface area (Å²) in [6.45, 7) is 0. The van der Waals surface area contributed by atoms with Crippen molar-refractivity contribution in [3.63, 3.8) is 0 Å². The second-order valence-corrected chi connectivity index (χ2v) is 5.06. The molecule has 2 heterocycles. The fourth-order valence-electron chi connectivity index (χ4n) is 2.17. The molecule has 0 radical (unpaired) electrons. The van der Waals surface area contributed by atoms with Crippen LogP contribution < -0.4 is 10.2 Å². The van der Waals surface area contributed by atoms with Gasteiger partial charge in [-0.2, -0.15) is 0 Å². The number of nitrogens with zero attached hydrogens (tertiary/aromatic N) is 2. The lowest BCUT2D eigenvalue weighted by atomic mass is 10.1. The highest BCUT2D eigenvalue weighted by molar-refractivity contribution is 6.33. The maximum atomic E-state index is 12.3. The lowest BCUT2D eigenvalue weighted by Gasteiger charge is -2.21. The van der Waals surface area contributed by atoms with Gasteiger partial charge < -0.3 is 5.32 Å². The van der Waals surface area contributed by atoms with Crippen LogP contribution in [0.2, 0.25) is 5.02 Å². The van der Waals surface area contributed by atoms with Gasteiger partial charge in [0.2, 0.25) is 5.91 Å². The van der Waals surface area contributed by atoms with E-state index < -0.39 is 5.91 Å². The number of pyridine rings is 1. The van der Waals surface area contributed by atoms with Crippen LogP contribution in [0.5, 0.6) is 0 Å². The van der Waals surface area contributed by atoms with Crippen LogP contribution in [0.3, 0.4) is 0 Å². The second kappa shape index (κ2) is 5.35. The van der Waals surface area contributed by atoms with Gasteiger partial charge in [-0.05, 0) is 30.3 Å². The molecule has 0 spiro atoms. The number of hydrogen-bond donors (Lipinski definition) is 1. The van der Waals surface area contributed by atoms with Crippen LogP contribution in [0, 0.1) is 0 Å². The molecule has 0 aliphatic carbocycles. The molecule has 106 valence electrons. The Bertz CT molecular complexity index is 749. The molecule has 0 bridgehead atoms. The van der Waals surface area contributed by atoms with Gasteiger partial charge >= 0.3 is 0 Å². The van der Waals surface area contributed by atoms with Crippen LogP contribution in [0.25, 0.3) is 0 Å². The van der Waals surface area contributed by atoms with Crippen LogP contribution in [0.1, 0.15) is 10.4 Å². The van der Waals surface area contributed by atoms with E-state index >= 15 is 0 Å². The summed E-state index contributed by atoms with van der Waals surface area (Å²) in [5.74, 6) is -0.647. The van der Waals surface area contributed by atoms with Crippen molar-refractivity contribution in [3.05, 3.63) is 47.1 Å². The lowest BCUT2D eigenvalue weighted by Crippen LogP contribution is -2.28. The van der Waals surface area contributed by atoms with Gasteiger partial charge in [-0.25, -0.2) is 4.98 Å². The number of amides is 2. The van der Waals surface area contributed by atoms with Crippen molar-refractivity contribution < 1.29 is 9.59 Å². The van der Waals surface area contributed by atoms with E-state index in [-0.39, 0.29) is 11.8 Å². The predicted octanol–water partition coefficient (Wildman–Crippen LogP) is 3.20. The van der Waals surface area contributed by atoms with Crippen molar-refractivity contribution in [1.82, 2.24) is 4.98 Å². The van der Waals surface area contributed by atoms with Crippen molar-refractivity contribution >= 4 is 52.2 Å². The number of hydrogen-bond acceptors (Lipinski definition) is 3. The van der Waals surface area contributed by atoms with Crippen LogP contribution >= 0.6 is 23.2 Å². The Hall–Kier alpha value is -2.11. The average molecular weight is 322 g/mol. The van der Waals surface area contributed by atoms with Crippen molar-refractivity contribution in [2.75, 3.05) is 16.1 Å². The number of anilines is 3. The Morgan fingerprint density at radius 1 is 1.33 bits per heavy atom. The Labute approximate surface area is 130 Å². The summed E-state index contributed by atoms with van der Waals surface area (Å²) < 4.78 is 0. The highest BCUT2D eigenvalue weighted by atomic mass is 35.5. The zero-order chi connectivity index (χ0) is 15.0. The van der Waals surface area contributed by atoms with Crippen LogP contribution in [-0.4, -0.2) is 22.7 Å². The molecule has 7 heteroatoms. The Balaban J connectivity index is 2.31. The highest BCUT2D eigenvalue weighted by Gasteiger charge is 2.30. The molecule has 5 nitrogen and oxygen atoms in total. The van der Waals surface area contributed by atoms with E-state index in [1.807, 2.05) is 0 Å². The average Bonchev–Trinajstić information content (AvgIpc) is 2.60. The fourth-order valence-corrected chi connectivity index (χ4v) is 2.46. The molecule has 1 aliphatic heterocycles. The number of benzene rings is 1. The topological polar surface area (TPSA) is 62.3 Å². The second-order valence-electron chi connectivity index (χ2n) is 4.35. The van der Waals surface area contributed by atoms with Gasteiger partial charge in [-0.1, -0.05) is 11.6 Å². The summed E-state index contributed by atoms with van der Waals surface area (Å²) in [5.41, 5.74) is 1.13. The summed E-state index contributed by atoms with van der Waals surface area (Å²) in [7, 11) is 0. The molecule has 0 unspecified atom stereocenters. The van der Waals surface area contributed by atoms with E-state index in [2.05, 4.69) is 10.3 Å². The number of alkyl halides is 1. The Morgan fingerprint density at radius 3 is 2.90 bits per heavy atom. The standard InChI is InChI=1S/C14H9Cl2N3O2/c15-7-12(20)19-11-6-8(16)3-4-9(11)14(21)18-10-2-1-5-17-13(10)19/h1-6H,7H2,(H,18,21). The summed E-state index contributed by atoms with van der Waals surface area (Å²) in [6, 6.07) is 8.04. The molecule has 1 N–H and O–H groups in total. The van der Waals surface area contributed by atoms with E-state index in [1.165, 1.54) is 11.1 Å². The molecule has 1 aromatic carbocycles. The van der Waals surface area contributed by atoms with Crippen molar-refractivity contribution in [3.8, 4) is 0 Å². The first-order chi connectivity index (χ1) is 10.1. The molecular formula is C14H9Cl2N3O2. The molecule has 3 rings (SSSR count). The smallest absolute Gasteiger partial charge is 0.257 e. The normalized spacial score (nSPS) is 13.0. The van der Waals surface area contributed by atoms with Crippen molar-refractivity contribution in [2.45, 2.75) is 0 Å². The third kappa shape index (κ3) is 2.34. The highest BCUT2D eigenvalue weighted by Crippen LogP contribution is 2.37. The number of fused-ring (bicyclic) bond motifs is 2. The summed E-state index contributed by atoms with van der Waals surface area (Å²) >= 11 is 11.7. The minimum Gasteiger partial charge on any atom is -0.319 e. The maximum Gasteiger partial charge on any atom is 0.257 e. The molecule has 1 aliphatic rings. The van der Waals surface area contributed by atoms with E-state index in [4.69, 9.17) is 23.2 Å². The number of aromatic nitrogens is 1. The lowest BCUT2D eigenvalue weighted by molar-refractivity contribution is -0.115. The van der Waals surface area contributed by atoms with Gasteiger partial charge in [0.25, 0.3) is 5.91 Å². The third-order valence-corrected chi connectivity index (χ3v) is 3.52. The number of nitrogens with one attached hydrogen (secondary N) is 1. The maximum absolute atomic E-state index is 12.3. The van der Waals surface area contributed by atoms with E-state index in [9.17, 15) is 9.59 Å². The quantitative estimate of drug-likeness (QED) is 0.820. The van der Waals surface area contributed by atoms with E-state index in [0.29, 0.717) is 27.8 Å². The van der Waals surface area contributed by atoms with Gasteiger partial charge in [-0.15, -0.1) is 11.6 Å². The molecule has 0 fully saturated rings. The molecule has 1 aromatic heterocycles. The molecule has 2 amide bonds. The number of halogens is 2. The summed E-state index contributed by atoms with van der Waals surface area (Å²) in [4.78, 5) is 30.0. The van der Waals surface area contributed by atoms with Crippen molar-refractivity contribution in [2.24, 2.45) is 0 Å². The van der Waals surface area contributed by atoms with Crippen LogP contribution in [-0.2, 0) is 4.79 Å². The molecule has 0 saturated heterocycles. The van der Waals surface area contributed by atoms with Gasteiger partial charge in [-0.3, -0.25) is 14.5 Å². The van der Waals surface area contributed by atoms with Gasteiger partial charge in [0.1, 0.15) is 5.88 Å². The first-order valence-corrected chi connectivity index (χ1v) is 6.98. The minimum atomic E-state index is -0.392. The van der Waals surface area contributed by atoms with E-state index in [0.717, 1.165) is 0 Å². The number of rotatable bonds is 1. The number of carbonyl (C=O) groups excluding carboxylic acids is 2. The monoisotopic (exact) mass is 321 g/mol. The molecular weight excluding hydrogens is 313 g/mol. The van der Waals surface area contributed by atoms with Gasteiger partial charge in [0.15, 0.2) is 5.82 Å². The first-order valence-electron chi connectivity index (χ1n) is 6.06. The fraction of sp³-hybridized carbons (Fsp3) is 0.0714. The molecule has 2 aromatic rings. The van der Waals surface area contributed by atoms with Crippen LogP contribution in [0.4, 0.5) is 17.2 Å². The van der Waals surface area contributed by atoms with Crippen LogP contribution in [0.15, 0.2) is 36.5 Å². The predicted molar refractivity (Wildman–Crippen MR) is 81.5 cm³/mol. The molecule has 0 atom stereocenters. The Kier molecular flexibility index (Phi) is 3.53. The summed E-state index contributed by atoms with van der Waals surface area (Å²) in [5, 5.41) is 3.14. The zero-order valence-electron chi connectivity index (χ0n) is 10.6. The number of carbonyl (C=O) groups is 2. The van der Waals surface area contributed by atoms with Gasteiger partial charge in [0.05, 0.1) is 16.9 Å². The molecule has 0 saturated carbocycles. The van der Waals surface area contributed by atoms with E-state index in [1.54, 1.807) is 30.3 Å². The third-order valence-electron chi connectivity index (χ3n) is 3.06. The summed E-state index contributed by atoms with van der Waals surface area (Å²) in [6.07, 6.45) is 1.54. The zero-order valence-corrected chi connectivity index (χ0v) is 12.1. The van der Waals surface area contributed by atoms with Gasteiger partial charge in [0, 0.05) is 11.2 Å². The minimum absolute atomic E-state index is 0.240. The Morgan fingerprint density at radius 2 is 2.14 bits per heavy atom. The SMILES string of the molecule is O=C1Nc2cccnc2N(C(=O)CCl)c2cc(Cl)ccc21. The first kappa shape index (κ1) is 13.9.